The van der Waals surface area contributed by atoms with Crippen molar-refractivity contribution in [2.75, 3.05) is 26.9 Å². The minimum Gasteiger partial charge on any atom is -0.492 e. The summed E-state index contributed by atoms with van der Waals surface area (Å²) in [7, 11) is 1.65. The van der Waals surface area contributed by atoms with Gasteiger partial charge in [0, 0.05) is 37.2 Å². The van der Waals surface area contributed by atoms with E-state index in [-0.39, 0.29) is 11.9 Å². The summed E-state index contributed by atoms with van der Waals surface area (Å²) in [6.45, 7) is 11.4. The molecule has 0 aromatic carbocycles. The lowest BCUT2D eigenvalue weighted by atomic mass is 10.1. The minimum absolute atomic E-state index is 0.0138. The molecule has 0 aromatic rings. The smallest absolute Gasteiger partial charge is 0.220 e. The van der Waals surface area contributed by atoms with Crippen LogP contribution in [0.15, 0.2) is 76.5 Å². The highest BCUT2D eigenvalue weighted by atomic mass is 35.5. The second-order valence-electron chi connectivity index (χ2n) is 7.22. The van der Waals surface area contributed by atoms with E-state index >= 15 is 0 Å². The Kier molecular flexibility index (Phi) is 19.9. The van der Waals surface area contributed by atoms with Crippen LogP contribution in [0, 0.1) is 0 Å². The zero-order valence-electron chi connectivity index (χ0n) is 20.7. The van der Waals surface area contributed by atoms with Crippen molar-refractivity contribution in [3.05, 3.63) is 71.6 Å². The van der Waals surface area contributed by atoms with Crippen LogP contribution in [0.2, 0.25) is 0 Å². The molecule has 0 spiro atoms. The van der Waals surface area contributed by atoms with Gasteiger partial charge in [-0.3, -0.25) is 9.79 Å². The van der Waals surface area contributed by atoms with Gasteiger partial charge in [0.2, 0.25) is 5.91 Å². The molecule has 1 amide bonds. The van der Waals surface area contributed by atoms with Gasteiger partial charge in [-0.25, -0.2) is 0 Å². The van der Waals surface area contributed by atoms with Crippen LogP contribution in [0.5, 0.6) is 0 Å². The van der Waals surface area contributed by atoms with Crippen molar-refractivity contribution in [1.82, 2.24) is 5.32 Å². The van der Waals surface area contributed by atoms with E-state index in [2.05, 4.69) is 16.9 Å². The number of rotatable bonds is 18. The molecule has 0 heterocycles. The van der Waals surface area contributed by atoms with Crippen molar-refractivity contribution in [2.24, 2.45) is 4.99 Å². The fraction of sp³-hybridized carbons (Fsp3) is 0.481. The van der Waals surface area contributed by atoms with Crippen LogP contribution in [0.1, 0.15) is 52.9 Å². The molecule has 1 atom stereocenters. The Labute approximate surface area is 205 Å². The average molecular weight is 477 g/mol. The SMILES string of the molecule is C=CCC(CC=NCC(/C=C\C(=C\C)OCCOC)=C\C)NC(=O)CC/C=C\C(Cl)=C/CC. The lowest BCUT2D eigenvalue weighted by Crippen LogP contribution is -2.34. The third kappa shape index (κ3) is 17.8. The van der Waals surface area contributed by atoms with Crippen LogP contribution in [0.3, 0.4) is 0 Å². The van der Waals surface area contributed by atoms with E-state index in [4.69, 9.17) is 21.1 Å². The van der Waals surface area contributed by atoms with Gasteiger partial charge in [-0.1, -0.05) is 48.9 Å². The van der Waals surface area contributed by atoms with E-state index in [1.54, 1.807) is 7.11 Å². The maximum absolute atomic E-state index is 12.2. The van der Waals surface area contributed by atoms with Crippen LogP contribution in [-0.4, -0.2) is 45.0 Å². The highest BCUT2D eigenvalue weighted by Gasteiger charge is 2.09. The molecule has 184 valence electrons. The van der Waals surface area contributed by atoms with Gasteiger partial charge in [0.15, 0.2) is 0 Å². The summed E-state index contributed by atoms with van der Waals surface area (Å²) in [5.74, 6) is 0.808. The molecule has 0 aliphatic carbocycles. The van der Waals surface area contributed by atoms with Gasteiger partial charge in [-0.15, -0.1) is 6.58 Å². The number of hydrogen-bond acceptors (Lipinski definition) is 4. The molecule has 0 fully saturated rings. The van der Waals surface area contributed by atoms with Crippen LogP contribution in [-0.2, 0) is 14.3 Å². The Morgan fingerprint density at radius 2 is 1.94 bits per heavy atom. The number of hydrogen-bond donors (Lipinski definition) is 1. The molecule has 0 saturated heterocycles. The maximum Gasteiger partial charge on any atom is 0.220 e. The number of allylic oxidation sites excluding steroid dienone is 7. The van der Waals surface area contributed by atoms with E-state index in [9.17, 15) is 4.79 Å². The Bertz CT molecular complexity index is 734. The number of methoxy groups -OCH3 is 1. The van der Waals surface area contributed by atoms with E-state index in [0.717, 1.165) is 17.8 Å². The highest BCUT2D eigenvalue weighted by Crippen LogP contribution is 2.07. The number of carbonyl (C=O) groups is 1. The number of carbonyl (C=O) groups excluding carboxylic acids is 1. The molecule has 1 unspecified atom stereocenters. The number of nitrogens with one attached hydrogen (secondary N) is 1. The van der Waals surface area contributed by atoms with Gasteiger partial charge in [-0.2, -0.15) is 0 Å². The quantitative estimate of drug-likeness (QED) is 0.0813. The number of halogens is 1. The number of nitrogens with zero attached hydrogens (tertiary/aromatic N) is 1. The summed E-state index contributed by atoms with van der Waals surface area (Å²) < 4.78 is 10.6. The molecule has 0 aromatic heterocycles. The van der Waals surface area contributed by atoms with Crippen molar-refractivity contribution < 1.29 is 14.3 Å². The Morgan fingerprint density at radius 3 is 2.58 bits per heavy atom. The maximum atomic E-state index is 12.2. The molecule has 6 heteroatoms. The largest absolute Gasteiger partial charge is 0.492 e. The van der Waals surface area contributed by atoms with Gasteiger partial charge in [0.05, 0.1) is 13.2 Å². The molecule has 0 saturated carbocycles. The molecule has 1 N–H and O–H groups in total. The number of aliphatic imine (C=N–C) groups is 1. The lowest BCUT2D eigenvalue weighted by molar-refractivity contribution is -0.121. The highest BCUT2D eigenvalue weighted by molar-refractivity contribution is 6.31. The first-order chi connectivity index (χ1) is 16.0. The molecule has 0 aliphatic heterocycles. The van der Waals surface area contributed by atoms with Gasteiger partial charge >= 0.3 is 0 Å². The summed E-state index contributed by atoms with van der Waals surface area (Å²) in [6, 6.07) is -0.0142. The van der Waals surface area contributed by atoms with E-state index in [1.165, 1.54) is 0 Å². The summed E-state index contributed by atoms with van der Waals surface area (Å²) in [5, 5.41) is 3.76. The third-order valence-electron chi connectivity index (χ3n) is 4.50. The van der Waals surface area contributed by atoms with E-state index in [0.29, 0.717) is 50.5 Å². The standard InChI is InChI=1S/C27H41ClN2O3/c1-6-12-24(28)14-10-11-15-27(31)30-25(13-7-2)18-19-29-22-23(8-3)16-17-26(9-4)33-21-20-32-5/h7-10,12,14,16-17,19,25H,2,6,11,13,15,18,20-22H2,1,3-5H3,(H,30,31)/b14-10-,17-16-,23-8-,24-12+,26-9-,29-19?. The third-order valence-corrected chi connectivity index (χ3v) is 4.78. The molecular weight excluding hydrogens is 436 g/mol. The van der Waals surface area contributed by atoms with Gasteiger partial charge in [0.25, 0.3) is 0 Å². The van der Waals surface area contributed by atoms with Crippen molar-refractivity contribution in [3.63, 3.8) is 0 Å². The Hall–Kier alpha value is -2.37. The normalized spacial score (nSPS) is 14.4. The number of amides is 1. The van der Waals surface area contributed by atoms with Crippen LogP contribution < -0.4 is 5.32 Å². The monoisotopic (exact) mass is 476 g/mol. The Balaban J connectivity index is 4.56. The molecule has 0 radical (unpaired) electrons. The second-order valence-corrected chi connectivity index (χ2v) is 7.65. The topological polar surface area (TPSA) is 59.9 Å². The summed E-state index contributed by atoms with van der Waals surface area (Å²) in [5.41, 5.74) is 1.08. The van der Waals surface area contributed by atoms with Gasteiger partial charge in [-0.05, 0) is 56.9 Å². The Morgan fingerprint density at radius 1 is 1.15 bits per heavy atom. The summed E-state index contributed by atoms with van der Waals surface area (Å²) in [6.07, 6.45) is 20.5. The minimum atomic E-state index is -0.0142. The van der Waals surface area contributed by atoms with Crippen molar-refractivity contribution >= 4 is 23.7 Å². The lowest BCUT2D eigenvalue weighted by Gasteiger charge is -2.14. The molecule has 0 bridgehead atoms. The zero-order valence-corrected chi connectivity index (χ0v) is 21.4. The molecule has 0 aliphatic rings. The molecule has 0 rings (SSSR count). The first-order valence-electron chi connectivity index (χ1n) is 11.5. The van der Waals surface area contributed by atoms with Crippen molar-refractivity contribution in [1.29, 1.82) is 0 Å². The predicted octanol–water partition coefficient (Wildman–Crippen LogP) is 6.45. The fourth-order valence-corrected chi connectivity index (χ4v) is 2.90. The van der Waals surface area contributed by atoms with Gasteiger partial charge in [0.1, 0.15) is 12.4 Å². The fourth-order valence-electron chi connectivity index (χ4n) is 2.66. The number of ether oxygens (including phenoxy) is 2. The van der Waals surface area contributed by atoms with Gasteiger partial charge < -0.3 is 14.8 Å². The van der Waals surface area contributed by atoms with Crippen LogP contribution in [0.4, 0.5) is 0 Å². The van der Waals surface area contributed by atoms with Crippen LogP contribution in [0.25, 0.3) is 0 Å². The van der Waals surface area contributed by atoms with Crippen LogP contribution >= 0.6 is 11.6 Å². The average Bonchev–Trinajstić information content (AvgIpc) is 2.80. The van der Waals surface area contributed by atoms with E-state index in [1.807, 2.05) is 75.6 Å². The molecular formula is C27H41ClN2O3. The van der Waals surface area contributed by atoms with Crippen molar-refractivity contribution in [2.45, 2.75) is 58.9 Å². The predicted molar refractivity (Wildman–Crippen MR) is 142 cm³/mol. The molecule has 5 nitrogen and oxygen atoms in total. The van der Waals surface area contributed by atoms with E-state index < -0.39 is 0 Å². The van der Waals surface area contributed by atoms with Crippen molar-refractivity contribution in [3.8, 4) is 0 Å². The first kappa shape index (κ1) is 30.6. The molecule has 33 heavy (non-hydrogen) atoms. The first-order valence-corrected chi connectivity index (χ1v) is 11.9. The summed E-state index contributed by atoms with van der Waals surface area (Å²) >= 11 is 6.02. The second kappa shape index (κ2) is 21.5. The zero-order chi connectivity index (χ0) is 24.7. The summed E-state index contributed by atoms with van der Waals surface area (Å²) in [4.78, 5) is 16.8.